The molecular weight excluding hydrogens is 301 g/mol. The molecule has 0 spiro atoms. The third kappa shape index (κ3) is 2.58. The smallest absolute Gasteiger partial charge is 0.244 e. The summed E-state index contributed by atoms with van der Waals surface area (Å²) in [7, 11) is 0. The van der Waals surface area contributed by atoms with E-state index in [1.165, 1.54) is 12.1 Å². The average molecular weight is 310 g/mol. The van der Waals surface area contributed by atoms with Gasteiger partial charge in [-0.1, -0.05) is 5.16 Å². The molecule has 0 radical (unpaired) electrons. The fourth-order valence-corrected chi connectivity index (χ4v) is 1.91. The van der Waals surface area contributed by atoms with E-state index in [-0.39, 0.29) is 11.7 Å². The first-order chi connectivity index (χ1) is 8.61. The summed E-state index contributed by atoms with van der Waals surface area (Å²) in [6.07, 6.45) is 5.47. The Morgan fingerprint density at radius 2 is 2.33 bits per heavy atom. The van der Waals surface area contributed by atoms with Crippen molar-refractivity contribution in [1.82, 2.24) is 10.1 Å². The maximum Gasteiger partial charge on any atom is 0.244 e. The van der Waals surface area contributed by atoms with Gasteiger partial charge in [0.1, 0.15) is 5.82 Å². The van der Waals surface area contributed by atoms with Crippen LogP contribution < -0.4 is 5.73 Å². The minimum Gasteiger partial charge on any atom is -0.337 e. The van der Waals surface area contributed by atoms with Crippen molar-refractivity contribution in [3.05, 3.63) is 34.4 Å². The Bertz CT molecular complexity index is 606. The van der Waals surface area contributed by atoms with E-state index in [0.29, 0.717) is 22.3 Å². The van der Waals surface area contributed by atoms with Gasteiger partial charge in [0, 0.05) is 16.5 Å². The lowest BCUT2D eigenvalue weighted by Crippen LogP contribution is -2.09. The van der Waals surface area contributed by atoms with Crippen LogP contribution in [0.4, 0.5) is 4.39 Å². The normalized spacial score (nSPS) is 12.1. The number of halogens is 2. The van der Waals surface area contributed by atoms with Gasteiger partial charge in [-0.15, -0.1) is 12.3 Å². The molecule has 0 saturated heterocycles. The molecular formula is C12H9BrFN3O. The number of hydrogen-bond acceptors (Lipinski definition) is 4. The summed E-state index contributed by atoms with van der Waals surface area (Å²) in [6.45, 7) is 0. The number of benzene rings is 1. The van der Waals surface area contributed by atoms with Gasteiger partial charge in [-0.05, 0) is 34.1 Å². The minimum atomic E-state index is -0.490. The predicted molar refractivity (Wildman–Crippen MR) is 67.8 cm³/mol. The molecule has 0 aliphatic carbocycles. The molecule has 0 aliphatic rings. The van der Waals surface area contributed by atoms with Crippen molar-refractivity contribution in [1.29, 1.82) is 0 Å². The van der Waals surface area contributed by atoms with Crippen LogP contribution in [0, 0.1) is 18.2 Å². The van der Waals surface area contributed by atoms with E-state index in [0.717, 1.165) is 0 Å². The zero-order chi connectivity index (χ0) is 13.1. The van der Waals surface area contributed by atoms with Crippen LogP contribution in [-0.2, 0) is 0 Å². The first-order valence-electron chi connectivity index (χ1n) is 5.10. The van der Waals surface area contributed by atoms with Crippen molar-refractivity contribution in [2.24, 2.45) is 5.73 Å². The Morgan fingerprint density at radius 1 is 1.56 bits per heavy atom. The van der Waals surface area contributed by atoms with E-state index in [1.54, 1.807) is 6.07 Å². The van der Waals surface area contributed by atoms with Crippen LogP contribution >= 0.6 is 15.9 Å². The molecule has 2 rings (SSSR count). The Morgan fingerprint density at radius 3 is 3.00 bits per heavy atom. The van der Waals surface area contributed by atoms with Crippen LogP contribution in [0.2, 0.25) is 0 Å². The summed E-state index contributed by atoms with van der Waals surface area (Å²) in [4.78, 5) is 4.14. The quantitative estimate of drug-likeness (QED) is 0.885. The number of nitrogens with two attached hydrogens (primary N) is 1. The average Bonchev–Trinajstić information content (AvgIpc) is 2.78. The highest BCUT2D eigenvalue weighted by Crippen LogP contribution is 2.27. The molecule has 18 heavy (non-hydrogen) atoms. The van der Waals surface area contributed by atoms with Crippen LogP contribution in [-0.4, -0.2) is 10.1 Å². The van der Waals surface area contributed by atoms with Gasteiger partial charge in [0.25, 0.3) is 0 Å². The first-order valence-corrected chi connectivity index (χ1v) is 5.89. The van der Waals surface area contributed by atoms with Crippen LogP contribution in [0.15, 0.2) is 27.2 Å². The molecule has 2 N–H and O–H groups in total. The molecule has 1 aromatic carbocycles. The molecule has 1 aromatic heterocycles. The second kappa shape index (κ2) is 5.29. The van der Waals surface area contributed by atoms with Crippen molar-refractivity contribution >= 4 is 15.9 Å². The van der Waals surface area contributed by atoms with Crippen LogP contribution in [0.3, 0.4) is 0 Å². The lowest BCUT2D eigenvalue weighted by atomic mass is 10.2. The second-order valence-corrected chi connectivity index (χ2v) is 4.45. The number of rotatable bonds is 3. The van der Waals surface area contributed by atoms with E-state index < -0.39 is 6.04 Å². The van der Waals surface area contributed by atoms with E-state index in [9.17, 15) is 4.39 Å². The molecule has 4 nitrogen and oxygen atoms in total. The van der Waals surface area contributed by atoms with Crippen molar-refractivity contribution in [2.75, 3.05) is 0 Å². The largest absolute Gasteiger partial charge is 0.337 e. The zero-order valence-electron chi connectivity index (χ0n) is 9.23. The van der Waals surface area contributed by atoms with Gasteiger partial charge in [-0.3, -0.25) is 0 Å². The van der Waals surface area contributed by atoms with Crippen molar-refractivity contribution in [3.63, 3.8) is 0 Å². The third-order valence-corrected chi connectivity index (χ3v) is 2.92. The lowest BCUT2D eigenvalue weighted by molar-refractivity contribution is 0.357. The van der Waals surface area contributed by atoms with E-state index in [1.807, 2.05) is 0 Å². The summed E-state index contributed by atoms with van der Waals surface area (Å²) in [5.41, 5.74) is 6.37. The van der Waals surface area contributed by atoms with Crippen LogP contribution in [0.5, 0.6) is 0 Å². The molecule has 6 heteroatoms. The summed E-state index contributed by atoms with van der Waals surface area (Å²) < 4.78 is 18.5. The highest BCUT2D eigenvalue weighted by atomic mass is 79.9. The molecule has 0 aliphatic heterocycles. The van der Waals surface area contributed by atoms with Gasteiger partial charge in [0.05, 0.1) is 6.04 Å². The van der Waals surface area contributed by atoms with Crippen molar-refractivity contribution < 1.29 is 8.91 Å². The maximum atomic E-state index is 13.0. The fraction of sp³-hybridized carbons (Fsp3) is 0.167. The summed E-state index contributed by atoms with van der Waals surface area (Å²) in [5, 5.41) is 3.79. The van der Waals surface area contributed by atoms with Crippen molar-refractivity contribution in [3.8, 4) is 23.7 Å². The minimum absolute atomic E-state index is 0.263. The van der Waals surface area contributed by atoms with Gasteiger partial charge < -0.3 is 10.3 Å². The van der Waals surface area contributed by atoms with Crippen LogP contribution in [0.25, 0.3) is 11.4 Å². The van der Waals surface area contributed by atoms with Gasteiger partial charge in [0.15, 0.2) is 0 Å². The molecule has 2 aromatic rings. The number of aromatic nitrogens is 2. The standard InChI is InChI=1S/C12H9BrFN3O/c1-2-3-10(15)12-16-11(17-18-12)8-5-4-7(14)6-9(8)13/h1,4-6,10H,3,15H2. The Labute approximate surface area is 112 Å². The molecule has 0 saturated carbocycles. The Hall–Kier alpha value is -1.71. The van der Waals surface area contributed by atoms with E-state index in [2.05, 4.69) is 32.0 Å². The Balaban J connectivity index is 2.32. The molecule has 1 atom stereocenters. The van der Waals surface area contributed by atoms with Gasteiger partial charge in [0.2, 0.25) is 11.7 Å². The molecule has 0 fully saturated rings. The van der Waals surface area contributed by atoms with Gasteiger partial charge in [-0.2, -0.15) is 4.98 Å². The second-order valence-electron chi connectivity index (χ2n) is 3.60. The molecule has 0 amide bonds. The summed E-state index contributed by atoms with van der Waals surface area (Å²) in [6, 6.07) is 3.71. The van der Waals surface area contributed by atoms with Gasteiger partial charge >= 0.3 is 0 Å². The predicted octanol–water partition coefficient (Wildman–Crippen LogP) is 2.66. The number of terminal acetylenes is 1. The molecule has 1 unspecified atom stereocenters. The maximum absolute atomic E-state index is 13.0. The summed E-state index contributed by atoms with van der Waals surface area (Å²) >= 11 is 3.24. The van der Waals surface area contributed by atoms with Crippen molar-refractivity contribution in [2.45, 2.75) is 12.5 Å². The van der Waals surface area contributed by atoms with Gasteiger partial charge in [-0.25, -0.2) is 4.39 Å². The first kappa shape index (κ1) is 12.7. The molecule has 92 valence electrons. The lowest BCUT2D eigenvalue weighted by Gasteiger charge is -2.00. The third-order valence-electron chi connectivity index (χ3n) is 2.27. The highest BCUT2D eigenvalue weighted by Gasteiger charge is 2.16. The Kier molecular flexibility index (Phi) is 3.75. The number of nitrogens with zero attached hydrogens (tertiary/aromatic N) is 2. The zero-order valence-corrected chi connectivity index (χ0v) is 10.8. The SMILES string of the molecule is C#CCC(N)c1nc(-c2ccc(F)cc2Br)no1. The summed E-state index contributed by atoms with van der Waals surface area (Å²) in [5.74, 6) is 2.67. The number of hydrogen-bond donors (Lipinski definition) is 1. The topological polar surface area (TPSA) is 64.9 Å². The van der Waals surface area contributed by atoms with E-state index >= 15 is 0 Å². The van der Waals surface area contributed by atoms with Crippen LogP contribution in [0.1, 0.15) is 18.4 Å². The molecule has 1 heterocycles. The highest BCUT2D eigenvalue weighted by molar-refractivity contribution is 9.10. The monoisotopic (exact) mass is 309 g/mol. The molecule has 0 bridgehead atoms. The fourth-order valence-electron chi connectivity index (χ4n) is 1.38. The van der Waals surface area contributed by atoms with E-state index in [4.69, 9.17) is 16.7 Å².